The third-order valence-corrected chi connectivity index (χ3v) is 16.7. The highest BCUT2D eigenvalue weighted by Gasteiger charge is 2.51. The molecular formula is C21H40Cl3NO6Si2. The Balaban J connectivity index is 3.43. The van der Waals surface area contributed by atoms with E-state index >= 15 is 0 Å². The number of halogens is 3. The van der Waals surface area contributed by atoms with Crippen LogP contribution < -0.4 is 0 Å². The molecule has 1 rings (SSSR count). The number of carbonyl (C=O) groups is 1. The Morgan fingerprint density at radius 3 is 1.73 bits per heavy atom. The molecule has 1 heterocycles. The molecular weight excluding hydrogens is 525 g/mol. The molecule has 1 aliphatic heterocycles. The lowest BCUT2D eigenvalue weighted by molar-refractivity contribution is -0.249. The van der Waals surface area contributed by atoms with Crippen LogP contribution in [-0.2, 0) is 27.9 Å². The lowest BCUT2D eigenvalue weighted by Crippen LogP contribution is -2.63. The van der Waals surface area contributed by atoms with Crippen LogP contribution in [0.3, 0.4) is 0 Å². The van der Waals surface area contributed by atoms with Crippen molar-refractivity contribution in [2.75, 3.05) is 6.61 Å². The number of esters is 1. The smallest absolute Gasteiger partial charge is 0.303 e. The van der Waals surface area contributed by atoms with Crippen molar-refractivity contribution in [3.8, 4) is 0 Å². The molecule has 4 atom stereocenters. The van der Waals surface area contributed by atoms with Crippen molar-refractivity contribution >= 4 is 63.3 Å². The van der Waals surface area contributed by atoms with Crippen molar-refractivity contribution in [1.29, 1.82) is 5.41 Å². The number of alkyl halides is 3. The largest absolute Gasteiger partial charge is 0.453 e. The molecule has 0 amide bonds. The summed E-state index contributed by atoms with van der Waals surface area (Å²) in [5.74, 6) is -1.13. The monoisotopic (exact) mass is 563 g/mol. The SMILES string of the molecule is CC[Si](CC)(CC)O[C@H]1[C@@H](O[Si](CC)(CC)CC)COC(OC(=N)C(Cl)(Cl)Cl)[C@@H]1OC(C)=O. The number of rotatable bonds is 12. The topological polar surface area (TPSA) is 87.1 Å². The molecule has 194 valence electrons. The van der Waals surface area contributed by atoms with Gasteiger partial charge in [-0.15, -0.1) is 0 Å². The first kappa shape index (κ1) is 31.2. The predicted molar refractivity (Wildman–Crippen MR) is 139 cm³/mol. The molecule has 1 N–H and O–H groups in total. The summed E-state index contributed by atoms with van der Waals surface area (Å²) in [6.07, 6.45) is -3.17. The zero-order valence-electron chi connectivity index (χ0n) is 20.8. The molecule has 0 aromatic carbocycles. The van der Waals surface area contributed by atoms with Gasteiger partial charge in [0, 0.05) is 6.92 Å². The second kappa shape index (κ2) is 13.4. The number of hydrogen-bond acceptors (Lipinski definition) is 7. The summed E-state index contributed by atoms with van der Waals surface area (Å²) in [5, 5.41) is 7.99. The Morgan fingerprint density at radius 2 is 1.33 bits per heavy atom. The van der Waals surface area contributed by atoms with Gasteiger partial charge >= 0.3 is 5.97 Å². The van der Waals surface area contributed by atoms with Gasteiger partial charge in [0.2, 0.25) is 12.2 Å². The molecule has 12 heteroatoms. The molecule has 0 bridgehead atoms. The summed E-state index contributed by atoms with van der Waals surface area (Å²) in [6.45, 7) is 14.3. The average Bonchev–Trinajstić information content (AvgIpc) is 2.78. The molecule has 0 aromatic rings. The van der Waals surface area contributed by atoms with E-state index in [2.05, 4.69) is 41.5 Å². The highest BCUT2D eigenvalue weighted by molar-refractivity contribution is 6.76. The van der Waals surface area contributed by atoms with Crippen molar-refractivity contribution in [3.63, 3.8) is 0 Å². The first-order chi connectivity index (χ1) is 15.4. The van der Waals surface area contributed by atoms with Crippen LogP contribution in [0.25, 0.3) is 0 Å². The Bertz CT molecular complexity index is 627. The van der Waals surface area contributed by atoms with Crippen LogP contribution in [0.2, 0.25) is 36.3 Å². The predicted octanol–water partition coefficient (Wildman–Crippen LogP) is 6.42. The Morgan fingerprint density at radius 1 is 0.879 bits per heavy atom. The van der Waals surface area contributed by atoms with Crippen LogP contribution in [0.1, 0.15) is 48.5 Å². The molecule has 1 unspecified atom stereocenters. The minimum Gasteiger partial charge on any atom is -0.453 e. The molecule has 1 saturated heterocycles. The highest BCUT2D eigenvalue weighted by Crippen LogP contribution is 2.36. The van der Waals surface area contributed by atoms with Gasteiger partial charge in [0.25, 0.3) is 3.79 Å². The number of hydrogen-bond donors (Lipinski definition) is 1. The lowest BCUT2D eigenvalue weighted by atomic mass is 10.1. The maximum atomic E-state index is 12.1. The quantitative estimate of drug-likeness (QED) is 0.0967. The molecule has 0 aliphatic carbocycles. The second-order valence-electron chi connectivity index (χ2n) is 8.45. The van der Waals surface area contributed by atoms with E-state index in [1.165, 1.54) is 6.92 Å². The van der Waals surface area contributed by atoms with E-state index in [4.69, 9.17) is 63.3 Å². The molecule has 0 spiro atoms. The van der Waals surface area contributed by atoms with Gasteiger partial charge in [-0.05, 0) is 36.3 Å². The lowest BCUT2D eigenvalue weighted by Gasteiger charge is -2.47. The van der Waals surface area contributed by atoms with Crippen molar-refractivity contribution in [1.82, 2.24) is 0 Å². The van der Waals surface area contributed by atoms with E-state index in [0.717, 1.165) is 36.3 Å². The van der Waals surface area contributed by atoms with Crippen molar-refractivity contribution in [2.45, 2.75) is 113 Å². The normalized spacial score (nSPS) is 24.4. The molecule has 0 aromatic heterocycles. The van der Waals surface area contributed by atoms with E-state index in [0.29, 0.717) is 0 Å². The van der Waals surface area contributed by atoms with E-state index in [1.807, 2.05) is 0 Å². The first-order valence-electron chi connectivity index (χ1n) is 11.8. The number of nitrogens with one attached hydrogen (secondary N) is 1. The zero-order valence-corrected chi connectivity index (χ0v) is 25.1. The Hall–Kier alpha value is 0.124. The van der Waals surface area contributed by atoms with Crippen LogP contribution in [0.4, 0.5) is 0 Å². The fourth-order valence-corrected chi connectivity index (χ4v) is 10.0. The van der Waals surface area contributed by atoms with E-state index < -0.39 is 56.9 Å². The average molecular weight is 565 g/mol. The third-order valence-electron chi connectivity index (χ3n) is 6.83. The summed E-state index contributed by atoms with van der Waals surface area (Å²) >= 11 is 17.4. The van der Waals surface area contributed by atoms with Crippen molar-refractivity contribution in [3.05, 3.63) is 0 Å². The second-order valence-corrected chi connectivity index (χ2v) is 20.2. The fourth-order valence-electron chi connectivity index (χ4n) is 4.20. The van der Waals surface area contributed by atoms with Gasteiger partial charge in [-0.1, -0.05) is 76.3 Å². The van der Waals surface area contributed by atoms with Crippen molar-refractivity contribution < 1.29 is 27.9 Å². The van der Waals surface area contributed by atoms with E-state index in [9.17, 15) is 4.79 Å². The van der Waals surface area contributed by atoms with Gasteiger partial charge in [-0.25, -0.2) is 0 Å². The van der Waals surface area contributed by atoms with Gasteiger partial charge < -0.3 is 23.1 Å². The summed E-state index contributed by atoms with van der Waals surface area (Å²) in [4.78, 5) is 12.1. The summed E-state index contributed by atoms with van der Waals surface area (Å²) < 4.78 is 28.7. The van der Waals surface area contributed by atoms with Gasteiger partial charge in [0.15, 0.2) is 22.7 Å². The number of carbonyl (C=O) groups excluding carboxylic acids is 1. The van der Waals surface area contributed by atoms with E-state index in [-0.39, 0.29) is 6.61 Å². The minimum atomic E-state index is -2.15. The molecule has 0 saturated carbocycles. The maximum Gasteiger partial charge on any atom is 0.303 e. The minimum absolute atomic E-state index is 0.163. The summed E-state index contributed by atoms with van der Waals surface area (Å²) in [6, 6.07) is 5.59. The molecule has 0 radical (unpaired) electrons. The zero-order chi connectivity index (χ0) is 25.4. The standard InChI is InChI=1S/C21H40Cl3NO6Si2/c1-8-32(9-2,10-3)30-16-14-27-19(29-20(25)21(22,23)24)18(28-15(7)26)17(16)31-33(11-4,12-5)13-6/h16-19,25H,8-14H2,1-7H3/t16-,17-,18+,19?/m0/s1. The van der Waals surface area contributed by atoms with Crippen LogP contribution in [0.5, 0.6) is 0 Å². The van der Waals surface area contributed by atoms with Crippen LogP contribution in [0.15, 0.2) is 0 Å². The highest BCUT2D eigenvalue weighted by atomic mass is 35.6. The first-order valence-corrected chi connectivity index (χ1v) is 18.0. The van der Waals surface area contributed by atoms with Crippen LogP contribution in [-0.4, -0.2) is 63.5 Å². The van der Waals surface area contributed by atoms with Gasteiger partial charge in [-0.3, -0.25) is 10.2 Å². The Kier molecular flexibility index (Phi) is 12.7. The maximum absolute atomic E-state index is 12.1. The molecule has 33 heavy (non-hydrogen) atoms. The number of ether oxygens (including phenoxy) is 3. The third kappa shape index (κ3) is 8.34. The molecule has 7 nitrogen and oxygen atoms in total. The van der Waals surface area contributed by atoms with Crippen LogP contribution in [0, 0.1) is 5.41 Å². The van der Waals surface area contributed by atoms with Crippen LogP contribution >= 0.6 is 34.8 Å². The molecule has 1 aliphatic rings. The summed E-state index contributed by atoms with van der Waals surface area (Å²) in [5.41, 5.74) is 0. The summed E-state index contributed by atoms with van der Waals surface area (Å²) in [7, 11) is -4.19. The van der Waals surface area contributed by atoms with Gasteiger partial charge in [-0.2, -0.15) is 0 Å². The Labute approximate surface area is 215 Å². The van der Waals surface area contributed by atoms with Gasteiger partial charge in [0.05, 0.1) is 12.7 Å². The van der Waals surface area contributed by atoms with E-state index in [1.54, 1.807) is 0 Å². The van der Waals surface area contributed by atoms with Gasteiger partial charge in [0.1, 0.15) is 6.10 Å². The molecule has 1 fully saturated rings. The fraction of sp³-hybridized carbons (Fsp3) is 0.905. The van der Waals surface area contributed by atoms with Crippen molar-refractivity contribution in [2.24, 2.45) is 0 Å².